The predicted octanol–water partition coefficient (Wildman–Crippen LogP) is 2.24. The summed E-state index contributed by atoms with van der Waals surface area (Å²) in [6, 6.07) is 4.68. The number of halogens is 2. The van der Waals surface area contributed by atoms with Crippen LogP contribution in [0.15, 0.2) is 18.2 Å². The highest BCUT2D eigenvalue weighted by atomic mass is 35.5. The fraction of sp³-hybridized carbons (Fsp3) is 0.417. The minimum Gasteiger partial charge on any atom is -0.395 e. The lowest BCUT2D eigenvalue weighted by Crippen LogP contribution is -2.40. The molecule has 1 amide bonds. The second kappa shape index (κ2) is 6.95. The number of carbonyl (C=O) groups excluding carboxylic acids is 1. The van der Waals surface area contributed by atoms with Crippen LogP contribution in [-0.4, -0.2) is 42.2 Å². The monoisotopic (exact) mass is 290 g/mol. The van der Waals surface area contributed by atoms with Crippen molar-refractivity contribution >= 4 is 34.8 Å². The number of hydrogen-bond acceptors (Lipinski definition) is 3. The fourth-order valence-electron chi connectivity index (χ4n) is 1.39. The number of amides is 1. The number of nitrogens with zero attached hydrogens (tertiary/aromatic N) is 1. The highest BCUT2D eigenvalue weighted by molar-refractivity contribution is 6.44. The second-order valence-corrected chi connectivity index (χ2v) is 4.76. The van der Waals surface area contributed by atoms with E-state index in [1.54, 1.807) is 37.1 Å². The average Bonchev–Trinajstić information content (AvgIpc) is 2.34. The summed E-state index contributed by atoms with van der Waals surface area (Å²) in [5, 5.41) is 12.3. The van der Waals surface area contributed by atoms with Crippen LogP contribution in [0.2, 0.25) is 10.0 Å². The van der Waals surface area contributed by atoms with Gasteiger partial charge in [-0.15, -0.1) is 0 Å². The number of aliphatic hydroxyl groups is 1. The summed E-state index contributed by atoms with van der Waals surface area (Å²) in [6.07, 6.45) is 0. The average molecular weight is 291 g/mol. The van der Waals surface area contributed by atoms with Gasteiger partial charge < -0.3 is 10.4 Å². The van der Waals surface area contributed by atoms with Crippen LogP contribution >= 0.6 is 23.2 Å². The Bertz CT molecular complexity index is 427. The Balaban J connectivity index is 2.72. The number of hydrogen-bond donors (Lipinski definition) is 2. The molecule has 0 fully saturated rings. The van der Waals surface area contributed by atoms with E-state index >= 15 is 0 Å². The molecule has 0 saturated carbocycles. The van der Waals surface area contributed by atoms with E-state index in [9.17, 15) is 4.79 Å². The third-order valence-electron chi connectivity index (χ3n) is 2.70. The van der Waals surface area contributed by atoms with Crippen molar-refractivity contribution in [1.29, 1.82) is 0 Å². The fourth-order valence-corrected chi connectivity index (χ4v) is 1.74. The van der Waals surface area contributed by atoms with E-state index in [2.05, 4.69) is 5.32 Å². The predicted molar refractivity (Wildman–Crippen MR) is 74.3 cm³/mol. The number of rotatable bonds is 5. The summed E-state index contributed by atoms with van der Waals surface area (Å²) in [4.78, 5) is 13.7. The third-order valence-corrected chi connectivity index (χ3v) is 3.52. The van der Waals surface area contributed by atoms with E-state index in [-0.39, 0.29) is 18.6 Å². The molecule has 0 radical (unpaired) electrons. The van der Waals surface area contributed by atoms with Crippen LogP contribution in [0.5, 0.6) is 0 Å². The Morgan fingerprint density at radius 3 is 2.78 bits per heavy atom. The molecule has 1 aromatic rings. The smallest absolute Gasteiger partial charge is 0.241 e. The zero-order valence-electron chi connectivity index (χ0n) is 10.3. The topological polar surface area (TPSA) is 52.6 Å². The number of nitrogens with one attached hydrogen (secondary N) is 1. The van der Waals surface area contributed by atoms with Crippen molar-refractivity contribution in [2.24, 2.45) is 0 Å². The summed E-state index contributed by atoms with van der Waals surface area (Å²) in [6.45, 7) is 2.19. The molecule has 1 unspecified atom stereocenters. The summed E-state index contributed by atoms with van der Waals surface area (Å²) in [5.41, 5.74) is 0.485. The Morgan fingerprint density at radius 2 is 2.17 bits per heavy atom. The number of anilines is 1. The molecule has 0 spiro atoms. The zero-order valence-corrected chi connectivity index (χ0v) is 11.8. The molecule has 6 heteroatoms. The van der Waals surface area contributed by atoms with Gasteiger partial charge in [-0.25, -0.2) is 0 Å². The van der Waals surface area contributed by atoms with Crippen molar-refractivity contribution < 1.29 is 9.90 Å². The summed E-state index contributed by atoms with van der Waals surface area (Å²) >= 11 is 11.8. The van der Waals surface area contributed by atoms with Gasteiger partial charge in [0.05, 0.1) is 28.4 Å². The first-order valence-electron chi connectivity index (χ1n) is 5.53. The van der Waals surface area contributed by atoms with Gasteiger partial charge in [-0.1, -0.05) is 29.3 Å². The summed E-state index contributed by atoms with van der Waals surface area (Å²) in [7, 11) is 1.76. The SMILES string of the molecule is CC(C(=O)Nc1cccc(Cl)c1Cl)N(C)CCO. The maximum atomic E-state index is 12.0. The molecule has 1 atom stereocenters. The minimum atomic E-state index is -0.368. The molecule has 1 rings (SSSR count). The van der Waals surface area contributed by atoms with E-state index in [0.717, 1.165) is 0 Å². The number of likely N-dealkylation sites (N-methyl/N-ethyl adjacent to an activating group) is 1. The molecule has 0 aliphatic heterocycles. The minimum absolute atomic E-state index is 0.00599. The molecule has 100 valence electrons. The van der Waals surface area contributed by atoms with Gasteiger partial charge in [0.1, 0.15) is 0 Å². The standard InChI is InChI=1S/C12H16Cl2N2O2/c1-8(16(2)6-7-17)12(18)15-10-5-3-4-9(13)11(10)14/h3-5,8,17H,6-7H2,1-2H3,(H,15,18). The van der Waals surface area contributed by atoms with Gasteiger partial charge in [-0.3, -0.25) is 9.69 Å². The number of benzene rings is 1. The van der Waals surface area contributed by atoms with E-state index in [0.29, 0.717) is 22.3 Å². The molecule has 1 aromatic carbocycles. The van der Waals surface area contributed by atoms with Gasteiger partial charge in [0.15, 0.2) is 0 Å². The molecule has 0 bridgehead atoms. The lowest BCUT2D eigenvalue weighted by atomic mass is 10.2. The highest BCUT2D eigenvalue weighted by Crippen LogP contribution is 2.29. The first-order chi connectivity index (χ1) is 8.47. The quantitative estimate of drug-likeness (QED) is 0.875. The molecular weight excluding hydrogens is 275 g/mol. The molecule has 0 saturated heterocycles. The molecule has 2 N–H and O–H groups in total. The normalized spacial score (nSPS) is 12.6. The molecule has 4 nitrogen and oxygen atoms in total. The van der Waals surface area contributed by atoms with Gasteiger partial charge in [0.2, 0.25) is 5.91 Å². The van der Waals surface area contributed by atoms with Crippen molar-refractivity contribution in [2.75, 3.05) is 25.5 Å². The van der Waals surface area contributed by atoms with Crippen LogP contribution in [-0.2, 0) is 4.79 Å². The Kier molecular flexibility index (Phi) is 5.88. The maximum Gasteiger partial charge on any atom is 0.241 e. The van der Waals surface area contributed by atoms with Crippen molar-refractivity contribution in [3.63, 3.8) is 0 Å². The van der Waals surface area contributed by atoms with E-state index < -0.39 is 0 Å². The first-order valence-corrected chi connectivity index (χ1v) is 6.29. The Hall–Kier alpha value is -0.810. The van der Waals surface area contributed by atoms with Crippen LogP contribution in [0.3, 0.4) is 0 Å². The second-order valence-electron chi connectivity index (χ2n) is 3.97. The first kappa shape index (κ1) is 15.2. The van der Waals surface area contributed by atoms with Gasteiger partial charge in [0.25, 0.3) is 0 Å². The van der Waals surface area contributed by atoms with Crippen LogP contribution in [0.4, 0.5) is 5.69 Å². The molecule has 0 aliphatic carbocycles. The van der Waals surface area contributed by atoms with Crippen molar-refractivity contribution in [3.05, 3.63) is 28.2 Å². The van der Waals surface area contributed by atoms with E-state index in [4.69, 9.17) is 28.3 Å². The highest BCUT2D eigenvalue weighted by Gasteiger charge is 2.18. The Labute approximate surface area is 116 Å². The van der Waals surface area contributed by atoms with Gasteiger partial charge >= 0.3 is 0 Å². The van der Waals surface area contributed by atoms with Crippen LogP contribution < -0.4 is 5.32 Å². The van der Waals surface area contributed by atoms with Crippen LogP contribution in [0, 0.1) is 0 Å². The van der Waals surface area contributed by atoms with Crippen molar-refractivity contribution in [3.8, 4) is 0 Å². The molecule has 0 aliphatic rings. The van der Waals surface area contributed by atoms with E-state index in [1.807, 2.05) is 0 Å². The largest absolute Gasteiger partial charge is 0.395 e. The van der Waals surface area contributed by atoms with Crippen molar-refractivity contribution in [1.82, 2.24) is 4.90 Å². The molecular formula is C12H16Cl2N2O2. The third kappa shape index (κ3) is 3.85. The lowest BCUT2D eigenvalue weighted by Gasteiger charge is -2.23. The number of aliphatic hydroxyl groups excluding tert-OH is 1. The maximum absolute atomic E-state index is 12.0. The Morgan fingerprint density at radius 1 is 1.50 bits per heavy atom. The number of carbonyl (C=O) groups is 1. The summed E-state index contributed by atoms with van der Waals surface area (Å²) in [5.74, 6) is -0.199. The zero-order chi connectivity index (χ0) is 13.7. The van der Waals surface area contributed by atoms with Gasteiger partial charge in [0, 0.05) is 6.54 Å². The van der Waals surface area contributed by atoms with E-state index in [1.165, 1.54) is 0 Å². The van der Waals surface area contributed by atoms with Crippen LogP contribution in [0.25, 0.3) is 0 Å². The lowest BCUT2D eigenvalue weighted by molar-refractivity contribution is -0.120. The van der Waals surface area contributed by atoms with Crippen molar-refractivity contribution in [2.45, 2.75) is 13.0 Å². The van der Waals surface area contributed by atoms with Gasteiger partial charge in [-0.05, 0) is 26.1 Å². The van der Waals surface area contributed by atoms with Crippen LogP contribution in [0.1, 0.15) is 6.92 Å². The molecule has 18 heavy (non-hydrogen) atoms. The summed E-state index contributed by atoms with van der Waals surface area (Å²) < 4.78 is 0. The van der Waals surface area contributed by atoms with Gasteiger partial charge in [-0.2, -0.15) is 0 Å². The molecule has 0 aromatic heterocycles. The molecule has 0 heterocycles.